The number of hydrogen-bond donors (Lipinski definition) is 1. The Labute approximate surface area is 247 Å². The van der Waals surface area contributed by atoms with Gasteiger partial charge in [0.2, 0.25) is 0 Å². The van der Waals surface area contributed by atoms with Gasteiger partial charge in [0.25, 0.3) is 0 Å². The Hall–Kier alpha value is -1.27. The van der Waals surface area contributed by atoms with E-state index in [0.717, 1.165) is 50.7 Å². The third-order valence-electron chi connectivity index (χ3n) is 11.3. The molecule has 0 bridgehead atoms. The summed E-state index contributed by atoms with van der Waals surface area (Å²) < 4.78 is 11.6. The van der Waals surface area contributed by atoms with Gasteiger partial charge < -0.3 is 14.6 Å². The molecule has 8 atom stereocenters. The average Bonchev–Trinajstić information content (AvgIpc) is 3.21. The lowest BCUT2D eigenvalue weighted by Gasteiger charge is -2.57. The molecule has 6 heteroatoms. The Kier molecular flexibility index (Phi) is 9.92. The predicted octanol–water partition coefficient (Wildman–Crippen LogP) is 7.80. The number of carbonyl (C=O) groups is 2. The van der Waals surface area contributed by atoms with Crippen molar-refractivity contribution in [1.29, 1.82) is 0 Å². The van der Waals surface area contributed by atoms with Crippen LogP contribution in [0.2, 0.25) is 0 Å². The van der Waals surface area contributed by atoms with Gasteiger partial charge in [-0.25, -0.2) is 0 Å². The van der Waals surface area contributed by atoms with E-state index in [0.29, 0.717) is 29.4 Å². The molecule has 0 aliphatic heterocycles. The molecule has 3 saturated carbocycles. The first kappa shape index (κ1) is 31.7. The molecule has 0 aromatic heterocycles. The molecule has 40 heavy (non-hydrogen) atoms. The van der Waals surface area contributed by atoms with Crippen molar-refractivity contribution in [2.45, 2.75) is 142 Å². The second-order valence-electron chi connectivity index (χ2n) is 13.8. The van der Waals surface area contributed by atoms with E-state index < -0.39 is 5.60 Å². The van der Waals surface area contributed by atoms with Crippen LogP contribution in [0.3, 0.4) is 0 Å². The van der Waals surface area contributed by atoms with Gasteiger partial charge in [0.05, 0.1) is 5.60 Å². The summed E-state index contributed by atoms with van der Waals surface area (Å²) in [5.41, 5.74) is 2.33. The highest BCUT2D eigenvalue weighted by molar-refractivity contribution is 7.99. The topological polar surface area (TPSA) is 72.8 Å². The van der Waals surface area contributed by atoms with Crippen molar-refractivity contribution in [1.82, 2.24) is 0 Å². The zero-order valence-electron chi connectivity index (χ0n) is 26.1. The lowest BCUT2D eigenvalue weighted by Crippen LogP contribution is -2.54. The number of esters is 2. The van der Waals surface area contributed by atoms with Gasteiger partial charge in [-0.15, -0.1) is 0 Å². The molecule has 0 aromatic rings. The molecule has 4 aliphatic carbocycles. The van der Waals surface area contributed by atoms with Gasteiger partial charge in [0.1, 0.15) is 12.2 Å². The van der Waals surface area contributed by atoms with E-state index in [1.807, 2.05) is 0 Å². The Morgan fingerprint density at radius 3 is 2.33 bits per heavy atom. The summed E-state index contributed by atoms with van der Waals surface area (Å²) in [6, 6.07) is 0. The maximum absolute atomic E-state index is 12.2. The number of fused-ring (bicyclic) bond motifs is 5. The minimum absolute atomic E-state index is 0.244. The van der Waals surface area contributed by atoms with Crippen molar-refractivity contribution in [3.8, 4) is 0 Å². The Morgan fingerprint density at radius 1 is 1.02 bits per heavy atom. The fourth-order valence-corrected chi connectivity index (χ4v) is 10.9. The molecular formula is C34H54O5S. The van der Waals surface area contributed by atoms with Gasteiger partial charge in [-0.3, -0.25) is 9.59 Å². The lowest BCUT2D eigenvalue weighted by atomic mass is 9.49. The van der Waals surface area contributed by atoms with E-state index in [1.54, 1.807) is 5.57 Å². The summed E-state index contributed by atoms with van der Waals surface area (Å²) in [6.45, 7) is 14.6. The van der Waals surface area contributed by atoms with Crippen LogP contribution in [0.25, 0.3) is 0 Å². The molecule has 0 aromatic carbocycles. The molecule has 0 amide bonds. The maximum atomic E-state index is 12.2. The summed E-state index contributed by atoms with van der Waals surface area (Å²) in [5.74, 6) is 2.06. The van der Waals surface area contributed by atoms with Gasteiger partial charge >= 0.3 is 11.9 Å². The normalized spacial score (nSPS) is 36.0. The highest BCUT2D eigenvalue weighted by atomic mass is 32.2. The molecule has 4 aliphatic rings. The number of thioether (sulfide) groups is 1. The second kappa shape index (κ2) is 12.5. The maximum Gasteiger partial charge on any atom is 0.302 e. The van der Waals surface area contributed by atoms with Gasteiger partial charge in [-0.05, 0) is 73.9 Å². The number of hydrogen-bond acceptors (Lipinski definition) is 6. The highest BCUT2D eigenvalue weighted by Crippen LogP contribution is 2.66. The zero-order chi connectivity index (χ0) is 29.3. The van der Waals surface area contributed by atoms with E-state index in [9.17, 15) is 14.7 Å². The molecule has 0 saturated heterocycles. The smallest absolute Gasteiger partial charge is 0.302 e. The van der Waals surface area contributed by atoms with Crippen molar-refractivity contribution in [2.75, 3.05) is 5.75 Å². The molecule has 3 fully saturated rings. The first-order valence-corrected chi connectivity index (χ1v) is 17.0. The minimum atomic E-state index is -0.504. The molecule has 226 valence electrons. The highest BCUT2D eigenvalue weighted by Gasteiger charge is 2.60. The number of rotatable bonds is 11. The molecule has 0 radical (unpaired) electrons. The number of ether oxygens (including phenoxy) is 2. The average molecular weight is 575 g/mol. The molecule has 0 spiro atoms. The van der Waals surface area contributed by atoms with E-state index in [4.69, 9.17) is 9.47 Å². The van der Waals surface area contributed by atoms with Crippen molar-refractivity contribution in [3.05, 3.63) is 23.3 Å². The third kappa shape index (κ3) is 6.09. The van der Waals surface area contributed by atoms with Crippen LogP contribution in [-0.4, -0.2) is 45.9 Å². The lowest BCUT2D eigenvalue weighted by molar-refractivity contribution is -0.165. The monoisotopic (exact) mass is 574 g/mol. The van der Waals surface area contributed by atoms with Crippen molar-refractivity contribution < 1.29 is 24.2 Å². The Bertz CT molecular complexity index is 996. The van der Waals surface area contributed by atoms with Gasteiger partial charge in [0.15, 0.2) is 0 Å². The fraction of sp³-hybridized carbons (Fsp3) is 0.824. The van der Waals surface area contributed by atoms with Crippen molar-refractivity contribution in [2.24, 2.45) is 28.6 Å². The number of carbonyl (C=O) groups excluding carboxylic acids is 2. The molecule has 0 unspecified atom stereocenters. The summed E-state index contributed by atoms with van der Waals surface area (Å²) in [4.78, 5) is 24.0. The second-order valence-corrected chi connectivity index (χ2v) is 15.3. The van der Waals surface area contributed by atoms with E-state index in [-0.39, 0.29) is 35.0 Å². The standard InChI is InChI=1S/C34H54O5S/c1-8-15-34(37,16-9-2)18-19-40-22(3)28-12-13-29-27-11-10-25-20-26(38-23(4)35)21-31(39-24(5)36)33(25,7)30(27)14-17-32(28,29)6/h10-11,22,26,28-31,37H,8-9,12-21H2,1-7H3/t22-,26-,28-,29+,30+,31+,32-,33+/m1/s1. The first-order chi connectivity index (χ1) is 18.9. The van der Waals surface area contributed by atoms with Crippen LogP contribution in [0.5, 0.6) is 0 Å². The molecule has 0 heterocycles. The quantitative estimate of drug-likeness (QED) is 0.254. The summed E-state index contributed by atoms with van der Waals surface area (Å²) in [6.07, 6.45) is 14.9. The number of allylic oxidation sites excluding steroid dienone is 3. The van der Waals surface area contributed by atoms with Crippen LogP contribution < -0.4 is 0 Å². The summed E-state index contributed by atoms with van der Waals surface area (Å²) in [5, 5.41) is 11.7. The SMILES string of the molecule is CCCC(O)(CCC)CCS[C@H](C)[C@H]1CC[C@H]2C3=CC=C4C[C@@H](OC(C)=O)C[C@H](OC(C)=O)[C@]4(C)[C@H]3CC[C@]12C. The predicted molar refractivity (Wildman–Crippen MR) is 163 cm³/mol. The first-order valence-electron chi connectivity index (χ1n) is 16.0. The van der Waals surface area contributed by atoms with Crippen molar-refractivity contribution >= 4 is 23.7 Å². The Morgan fingerprint density at radius 2 is 1.70 bits per heavy atom. The zero-order valence-corrected chi connectivity index (χ0v) is 26.9. The largest absolute Gasteiger partial charge is 0.462 e. The van der Waals surface area contributed by atoms with E-state index in [2.05, 4.69) is 58.5 Å². The van der Waals surface area contributed by atoms with Crippen molar-refractivity contribution in [3.63, 3.8) is 0 Å². The summed E-state index contributed by atoms with van der Waals surface area (Å²) >= 11 is 2.08. The Balaban J connectivity index is 1.51. The van der Waals surface area contributed by atoms with Gasteiger partial charge in [0, 0.05) is 37.4 Å². The minimum Gasteiger partial charge on any atom is -0.462 e. The van der Waals surface area contributed by atoms with Crippen LogP contribution in [0.4, 0.5) is 0 Å². The van der Waals surface area contributed by atoms with Gasteiger partial charge in [-0.2, -0.15) is 11.8 Å². The van der Waals surface area contributed by atoms with E-state index in [1.165, 1.54) is 38.7 Å². The molecule has 1 N–H and O–H groups in total. The van der Waals surface area contributed by atoms with Crippen LogP contribution in [-0.2, 0) is 19.1 Å². The van der Waals surface area contributed by atoms with Crippen LogP contribution >= 0.6 is 11.8 Å². The van der Waals surface area contributed by atoms with Crippen LogP contribution in [0, 0.1) is 28.6 Å². The fourth-order valence-electron chi connectivity index (χ4n) is 9.37. The molecule has 5 nitrogen and oxygen atoms in total. The van der Waals surface area contributed by atoms with Gasteiger partial charge in [-0.1, -0.05) is 70.8 Å². The number of aliphatic hydroxyl groups is 1. The van der Waals surface area contributed by atoms with E-state index >= 15 is 0 Å². The molecular weight excluding hydrogens is 520 g/mol. The molecule has 4 rings (SSSR count). The van der Waals surface area contributed by atoms with Crippen LogP contribution in [0.1, 0.15) is 119 Å². The third-order valence-corrected chi connectivity index (χ3v) is 12.6. The summed E-state index contributed by atoms with van der Waals surface area (Å²) in [7, 11) is 0. The van der Waals surface area contributed by atoms with Crippen LogP contribution in [0.15, 0.2) is 23.3 Å².